The van der Waals surface area contributed by atoms with E-state index in [1.807, 2.05) is 75.9 Å². The van der Waals surface area contributed by atoms with Crippen molar-refractivity contribution in [1.29, 1.82) is 0 Å². The second-order valence-corrected chi connectivity index (χ2v) is 10.5. The van der Waals surface area contributed by atoms with Crippen LogP contribution in [0.15, 0.2) is 91.8 Å². The van der Waals surface area contributed by atoms with E-state index in [0.29, 0.717) is 28.9 Å². The zero-order valence-electron chi connectivity index (χ0n) is 25.7. The topological polar surface area (TPSA) is 96.8 Å². The molecule has 3 aromatic carbocycles. The van der Waals surface area contributed by atoms with Gasteiger partial charge in [0, 0.05) is 44.2 Å². The Hall–Kier alpha value is -5.35. The summed E-state index contributed by atoms with van der Waals surface area (Å²) in [6.45, 7) is 5.18. The number of nitrogens with one attached hydrogen (secondary N) is 2. The zero-order chi connectivity index (χ0) is 31.2. The van der Waals surface area contributed by atoms with Gasteiger partial charge in [0.25, 0.3) is 0 Å². The highest BCUT2D eigenvalue weighted by Gasteiger charge is 2.18. The maximum atomic E-state index is 12.4. The zero-order valence-corrected chi connectivity index (χ0v) is 25.7. The Kier molecular flexibility index (Phi) is 9.11. The van der Waals surface area contributed by atoms with Crippen LogP contribution in [0.2, 0.25) is 0 Å². The fraction of sp³-hybridized carbons (Fsp3) is 0.206. The van der Waals surface area contributed by atoms with Crippen LogP contribution in [0.5, 0.6) is 11.5 Å². The molecule has 0 saturated heterocycles. The summed E-state index contributed by atoms with van der Waals surface area (Å²) in [5.41, 5.74) is 4.82. The molecule has 0 unspecified atom stereocenters. The van der Waals surface area contributed by atoms with E-state index in [-0.39, 0.29) is 5.91 Å². The summed E-state index contributed by atoms with van der Waals surface area (Å²) in [7, 11) is 9.27. The SMILES string of the molecule is C=CC(=O)Nc1cc(Nc2ncc(-c3ccc(OC)cc3)c(-n3ccc4ccccc43)n2)c(OC)cc1N(C)CCN(C)C. The van der Waals surface area contributed by atoms with E-state index in [9.17, 15) is 4.79 Å². The van der Waals surface area contributed by atoms with Gasteiger partial charge in [-0.15, -0.1) is 0 Å². The molecule has 5 rings (SSSR count). The van der Waals surface area contributed by atoms with E-state index in [1.165, 1.54) is 6.08 Å². The summed E-state index contributed by atoms with van der Waals surface area (Å²) in [4.78, 5) is 26.3. The molecule has 0 spiro atoms. The van der Waals surface area contributed by atoms with Gasteiger partial charge >= 0.3 is 0 Å². The summed E-state index contributed by atoms with van der Waals surface area (Å²) in [5.74, 6) is 2.09. The summed E-state index contributed by atoms with van der Waals surface area (Å²) in [6, 6.07) is 21.7. The van der Waals surface area contributed by atoms with Gasteiger partial charge in [0.05, 0.1) is 36.8 Å². The predicted octanol–water partition coefficient (Wildman–Crippen LogP) is 5.97. The van der Waals surface area contributed by atoms with Crippen molar-refractivity contribution in [1.82, 2.24) is 19.4 Å². The lowest BCUT2D eigenvalue weighted by Gasteiger charge is -2.26. The van der Waals surface area contributed by atoms with Crippen LogP contribution in [0.3, 0.4) is 0 Å². The van der Waals surface area contributed by atoms with Crippen molar-refractivity contribution in [3.05, 3.63) is 91.8 Å². The molecule has 10 nitrogen and oxygen atoms in total. The van der Waals surface area contributed by atoms with Crippen molar-refractivity contribution in [2.24, 2.45) is 0 Å². The van der Waals surface area contributed by atoms with E-state index in [1.54, 1.807) is 20.4 Å². The molecule has 2 aromatic heterocycles. The second-order valence-electron chi connectivity index (χ2n) is 10.5. The van der Waals surface area contributed by atoms with E-state index in [2.05, 4.69) is 49.8 Å². The van der Waals surface area contributed by atoms with Crippen LogP contribution in [-0.2, 0) is 4.79 Å². The van der Waals surface area contributed by atoms with Crippen LogP contribution in [0, 0.1) is 0 Å². The molecule has 10 heteroatoms. The normalized spacial score (nSPS) is 11.0. The number of para-hydroxylation sites is 1. The second kappa shape index (κ2) is 13.3. The molecule has 0 aliphatic heterocycles. The molecule has 0 atom stereocenters. The molecule has 0 radical (unpaired) electrons. The van der Waals surface area contributed by atoms with Crippen LogP contribution >= 0.6 is 0 Å². The molecule has 1 amide bonds. The third-order valence-corrected chi connectivity index (χ3v) is 7.30. The Morgan fingerprint density at radius 1 is 0.977 bits per heavy atom. The molecular formula is C34H37N7O3. The lowest BCUT2D eigenvalue weighted by molar-refractivity contribution is -0.111. The summed E-state index contributed by atoms with van der Waals surface area (Å²) in [5, 5.41) is 7.37. The lowest BCUT2D eigenvalue weighted by atomic mass is 10.1. The number of aromatic nitrogens is 3. The smallest absolute Gasteiger partial charge is 0.247 e. The minimum atomic E-state index is -0.315. The number of benzene rings is 3. The van der Waals surface area contributed by atoms with Crippen LogP contribution in [0.25, 0.3) is 27.8 Å². The van der Waals surface area contributed by atoms with Crippen molar-refractivity contribution < 1.29 is 14.3 Å². The van der Waals surface area contributed by atoms with Crippen LogP contribution in [0.1, 0.15) is 0 Å². The number of amides is 1. The number of fused-ring (bicyclic) bond motifs is 1. The van der Waals surface area contributed by atoms with E-state index in [4.69, 9.17) is 19.4 Å². The number of carbonyl (C=O) groups excluding carboxylic acids is 1. The minimum Gasteiger partial charge on any atom is -0.497 e. The maximum absolute atomic E-state index is 12.4. The average Bonchev–Trinajstić information content (AvgIpc) is 3.48. The van der Waals surface area contributed by atoms with E-state index >= 15 is 0 Å². The maximum Gasteiger partial charge on any atom is 0.247 e. The Bertz CT molecular complexity index is 1780. The first-order chi connectivity index (χ1) is 21.3. The number of hydrogen-bond acceptors (Lipinski definition) is 8. The van der Waals surface area contributed by atoms with Gasteiger partial charge in [-0.05, 0) is 61.5 Å². The van der Waals surface area contributed by atoms with Gasteiger partial charge in [-0.3, -0.25) is 4.79 Å². The highest BCUT2D eigenvalue weighted by molar-refractivity contribution is 6.02. The number of ether oxygens (including phenoxy) is 2. The van der Waals surface area contributed by atoms with Crippen molar-refractivity contribution in [3.8, 4) is 28.4 Å². The quantitative estimate of drug-likeness (QED) is 0.171. The van der Waals surface area contributed by atoms with Gasteiger partial charge in [-0.2, -0.15) is 4.98 Å². The molecule has 0 fully saturated rings. The summed E-state index contributed by atoms with van der Waals surface area (Å²) < 4.78 is 13.2. The van der Waals surface area contributed by atoms with Gasteiger partial charge in [-0.1, -0.05) is 36.9 Å². The van der Waals surface area contributed by atoms with Crippen molar-refractivity contribution in [3.63, 3.8) is 0 Å². The summed E-state index contributed by atoms with van der Waals surface area (Å²) >= 11 is 0. The minimum absolute atomic E-state index is 0.315. The first-order valence-corrected chi connectivity index (χ1v) is 14.2. The first-order valence-electron chi connectivity index (χ1n) is 14.2. The highest BCUT2D eigenvalue weighted by Crippen LogP contribution is 2.38. The van der Waals surface area contributed by atoms with Crippen molar-refractivity contribution in [2.75, 3.05) is 64.0 Å². The Labute approximate surface area is 257 Å². The Balaban J connectivity index is 1.59. The van der Waals surface area contributed by atoms with Gasteiger partial charge in [0.1, 0.15) is 11.5 Å². The monoisotopic (exact) mass is 591 g/mol. The van der Waals surface area contributed by atoms with Gasteiger partial charge in [0.15, 0.2) is 5.82 Å². The first kappa shape index (κ1) is 30.1. The fourth-order valence-corrected chi connectivity index (χ4v) is 4.88. The Morgan fingerprint density at radius 2 is 1.75 bits per heavy atom. The number of nitrogens with zero attached hydrogens (tertiary/aromatic N) is 5. The van der Waals surface area contributed by atoms with E-state index < -0.39 is 0 Å². The summed E-state index contributed by atoms with van der Waals surface area (Å²) in [6.07, 6.45) is 5.05. The molecule has 226 valence electrons. The lowest BCUT2D eigenvalue weighted by Crippen LogP contribution is -2.29. The Morgan fingerprint density at radius 3 is 2.45 bits per heavy atom. The van der Waals surface area contributed by atoms with Crippen LogP contribution in [-0.4, -0.2) is 73.8 Å². The molecule has 0 bridgehead atoms. The predicted molar refractivity (Wildman–Crippen MR) is 178 cm³/mol. The van der Waals surface area contributed by atoms with E-state index in [0.717, 1.165) is 46.6 Å². The molecular weight excluding hydrogens is 554 g/mol. The number of likely N-dealkylation sites (N-methyl/N-ethyl adjacent to an activating group) is 2. The molecule has 0 aliphatic carbocycles. The number of rotatable bonds is 12. The number of carbonyl (C=O) groups is 1. The standard InChI is InChI=1S/C34H37N7O3/c1-7-32(42)36-27-20-28(31(44-6)21-30(27)40(4)19-18-39(2)3)37-34-35-22-26(23-12-14-25(43-5)15-13-23)33(38-34)41-17-16-24-10-8-9-11-29(24)41/h7-17,20-22H,1,18-19H2,2-6H3,(H,36,42)(H,35,37,38). The molecule has 0 saturated carbocycles. The fourth-order valence-electron chi connectivity index (χ4n) is 4.88. The van der Waals surface area contributed by atoms with Gasteiger partial charge < -0.3 is 34.5 Å². The van der Waals surface area contributed by atoms with Crippen LogP contribution < -0.4 is 25.0 Å². The number of anilines is 4. The molecule has 5 aromatic rings. The van der Waals surface area contributed by atoms with Gasteiger partial charge in [0.2, 0.25) is 11.9 Å². The van der Waals surface area contributed by atoms with Gasteiger partial charge in [-0.25, -0.2) is 4.98 Å². The third kappa shape index (κ3) is 6.50. The molecule has 44 heavy (non-hydrogen) atoms. The largest absolute Gasteiger partial charge is 0.497 e. The third-order valence-electron chi connectivity index (χ3n) is 7.30. The average molecular weight is 592 g/mol. The molecule has 0 aliphatic rings. The molecule has 2 N–H and O–H groups in total. The molecule has 2 heterocycles. The van der Waals surface area contributed by atoms with Crippen LogP contribution in [0.4, 0.5) is 23.0 Å². The highest BCUT2D eigenvalue weighted by atomic mass is 16.5. The van der Waals surface area contributed by atoms with Crippen molar-refractivity contribution in [2.45, 2.75) is 0 Å². The number of hydrogen-bond donors (Lipinski definition) is 2. The van der Waals surface area contributed by atoms with Crippen molar-refractivity contribution >= 4 is 39.8 Å². The number of methoxy groups -OCH3 is 2.